The van der Waals surface area contributed by atoms with Crippen LogP contribution in [-0.2, 0) is 16.6 Å². The molecule has 1 saturated heterocycles. The topological polar surface area (TPSA) is 58.2 Å². The van der Waals surface area contributed by atoms with Crippen LogP contribution in [0.3, 0.4) is 0 Å². The molecule has 4 nitrogen and oxygen atoms in total. The standard InChI is InChI=1S/C13H21BrN2O2S3/c1-2-5-15-8-11-7-12(13(14)20-11)21(17,18)16-10-4-3-6-19-9-10/h7,10,15-16H,2-6,8-9H2,1H3. The van der Waals surface area contributed by atoms with Crippen LogP contribution in [0.25, 0.3) is 0 Å². The van der Waals surface area contributed by atoms with Gasteiger partial charge in [0.15, 0.2) is 0 Å². The number of thiophene rings is 1. The molecule has 0 radical (unpaired) electrons. The molecule has 120 valence electrons. The van der Waals surface area contributed by atoms with Gasteiger partial charge in [0.05, 0.1) is 3.79 Å². The Labute approximate surface area is 143 Å². The highest BCUT2D eigenvalue weighted by Gasteiger charge is 2.25. The van der Waals surface area contributed by atoms with Gasteiger partial charge in [-0.05, 0) is 53.6 Å². The number of nitrogens with one attached hydrogen (secondary N) is 2. The third-order valence-corrected chi connectivity index (χ3v) is 8.19. The third-order valence-electron chi connectivity index (χ3n) is 3.20. The highest BCUT2D eigenvalue weighted by Crippen LogP contribution is 2.32. The van der Waals surface area contributed by atoms with E-state index in [0.29, 0.717) is 15.2 Å². The molecule has 1 aromatic rings. The predicted octanol–water partition coefficient (Wildman–Crippen LogP) is 3.18. The van der Waals surface area contributed by atoms with Crippen molar-refractivity contribution < 1.29 is 8.42 Å². The zero-order valence-electron chi connectivity index (χ0n) is 12.0. The lowest BCUT2D eigenvalue weighted by atomic mass is 10.2. The first-order valence-electron chi connectivity index (χ1n) is 7.12. The fraction of sp³-hybridized carbons (Fsp3) is 0.692. The molecule has 21 heavy (non-hydrogen) atoms. The SMILES string of the molecule is CCCNCc1cc(S(=O)(=O)NC2CCCSC2)c(Br)s1. The zero-order chi connectivity index (χ0) is 15.3. The molecule has 0 saturated carbocycles. The Hall–Kier alpha value is 0.400. The third kappa shape index (κ3) is 5.21. The second-order valence-electron chi connectivity index (χ2n) is 5.06. The van der Waals surface area contributed by atoms with Gasteiger partial charge in [0.25, 0.3) is 0 Å². The molecule has 0 spiro atoms. The average molecular weight is 413 g/mol. The molecule has 1 unspecified atom stereocenters. The Balaban J connectivity index is 2.04. The van der Waals surface area contributed by atoms with Crippen molar-refractivity contribution in [3.8, 4) is 0 Å². The monoisotopic (exact) mass is 412 g/mol. The van der Waals surface area contributed by atoms with E-state index in [0.717, 1.165) is 42.2 Å². The summed E-state index contributed by atoms with van der Waals surface area (Å²) in [7, 11) is -3.43. The van der Waals surface area contributed by atoms with Crippen LogP contribution in [0.2, 0.25) is 0 Å². The smallest absolute Gasteiger partial charge is 0.242 e. The summed E-state index contributed by atoms with van der Waals surface area (Å²) in [5, 5.41) is 3.30. The molecule has 1 aliphatic heterocycles. The second kappa shape index (κ2) is 8.31. The fourth-order valence-corrected chi connectivity index (χ4v) is 7.27. The number of rotatable bonds is 7. The highest BCUT2D eigenvalue weighted by atomic mass is 79.9. The lowest BCUT2D eigenvalue weighted by Gasteiger charge is -2.22. The van der Waals surface area contributed by atoms with Crippen molar-refractivity contribution in [2.75, 3.05) is 18.1 Å². The van der Waals surface area contributed by atoms with E-state index in [1.54, 1.807) is 6.07 Å². The Kier molecular flexibility index (Phi) is 7.02. The van der Waals surface area contributed by atoms with E-state index in [2.05, 4.69) is 32.9 Å². The van der Waals surface area contributed by atoms with Crippen molar-refractivity contribution in [2.24, 2.45) is 0 Å². The first-order chi connectivity index (χ1) is 10.0. The number of hydrogen-bond acceptors (Lipinski definition) is 5. The molecule has 1 aromatic heterocycles. The van der Waals surface area contributed by atoms with Crippen LogP contribution < -0.4 is 10.0 Å². The van der Waals surface area contributed by atoms with Gasteiger partial charge in [0.2, 0.25) is 10.0 Å². The minimum absolute atomic E-state index is 0.0576. The van der Waals surface area contributed by atoms with Crippen LogP contribution in [0.4, 0.5) is 0 Å². The second-order valence-corrected chi connectivity index (χ2v) is 10.3. The van der Waals surface area contributed by atoms with Crippen LogP contribution in [0, 0.1) is 0 Å². The average Bonchev–Trinajstić information content (AvgIpc) is 2.82. The van der Waals surface area contributed by atoms with E-state index in [9.17, 15) is 8.42 Å². The first kappa shape index (κ1) is 17.7. The Bertz CT molecular complexity index is 554. The van der Waals surface area contributed by atoms with Crippen LogP contribution in [0.1, 0.15) is 31.1 Å². The van der Waals surface area contributed by atoms with Crippen LogP contribution >= 0.6 is 39.0 Å². The summed E-state index contributed by atoms with van der Waals surface area (Å²) >= 11 is 6.69. The van der Waals surface area contributed by atoms with E-state index in [4.69, 9.17) is 0 Å². The van der Waals surface area contributed by atoms with E-state index >= 15 is 0 Å². The summed E-state index contributed by atoms with van der Waals surface area (Å²) in [6, 6.07) is 1.83. The normalized spacial score (nSPS) is 19.8. The Morgan fingerprint density at radius 1 is 1.48 bits per heavy atom. The molecule has 2 heterocycles. The molecule has 0 aliphatic carbocycles. The molecule has 1 atom stereocenters. The highest BCUT2D eigenvalue weighted by molar-refractivity contribution is 9.11. The quantitative estimate of drug-likeness (QED) is 0.675. The van der Waals surface area contributed by atoms with Gasteiger partial charge in [-0.2, -0.15) is 11.8 Å². The summed E-state index contributed by atoms with van der Waals surface area (Å²) in [4.78, 5) is 1.41. The Morgan fingerprint density at radius 3 is 2.95 bits per heavy atom. The predicted molar refractivity (Wildman–Crippen MR) is 94.7 cm³/mol. The van der Waals surface area contributed by atoms with Crippen molar-refractivity contribution in [2.45, 2.75) is 43.7 Å². The van der Waals surface area contributed by atoms with Gasteiger partial charge < -0.3 is 5.32 Å². The van der Waals surface area contributed by atoms with E-state index in [1.165, 1.54) is 11.3 Å². The maximum Gasteiger partial charge on any atom is 0.242 e. The Morgan fingerprint density at radius 2 is 2.29 bits per heavy atom. The molecule has 2 rings (SSSR count). The molecular weight excluding hydrogens is 392 g/mol. The van der Waals surface area contributed by atoms with Crippen molar-refractivity contribution in [3.05, 3.63) is 14.7 Å². The van der Waals surface area contributed by atoms with Crippen LogP contribution in [0.15, 0.2) is 14.7 Å². The number of halogens is 1. The van der Waals surface area contributed by atoms with Gasteiger partial charge in [-0.3, -0.25) is 0 Å². The summed E-state index contributed by atoms with van der Waals surface area (Å²) in [6.07, 6.45) is 3.08. The van der Waals surface area contributed by atoms with Crippen LogP contribution in [0.5, 0.6) is 0 Å². The molecular formula is C13H21BrN2O2S3. The number of sulfonamides is 1. The first-order valence-corrected chi connectivity index (χ1v) is 11.4. The lowest BCUT2D eigenvalue weighted by molar-refractivity contribution is 0.543. The maximum atomic E-state index is 12.5. The zero-order valence-corrected chi connectivity index (χ0v) is 16.1. The number of hydrogen-bond donors (Lipinski definition) is 2. The summed E-state index contributed by atoms with van der Waals surface area (Å²) < 4.78 is 28.5. The van der Waals surface area contributed by atoms with Gasteiger partial charge in [-0.15, -0.1) is 11.3 Å². The molecule has 1 aliphatic rings. The molecule has 2 N–H and O–H groups in total. The minimum atomic E-state index is -3.43. The molecule has 1 fully saturated rings. The molecule has 0 amide bonds. The van der Waals surface area contributed by atoms with Crippen LogP contribution in [-0.4, -0.2) is 32.5 Å². The largest absolute Gasteiger partial charge is 0.312 e. The lowest BCUT2D eigenvalue weighted by Crippen LogP contribution is -2.38. The van der Waals surface area contributed by atoms with Gasteiger partial charge in [0, 0.05) is 23.2 Å². The van der Waals surface area contributed by atoms with Gasteiger partial charge in [-0.25, -0.2) is 13.1 Å². The molecule has 0 bridgehead atoms. The minimum Gasteiger partial charge on any atom is -0.312 e. The van der Waals surface area contributed by atoms with Gasteiger partial charge in [-0.1, -0.05) is 6.92 Å². The maximum absolute atomic E-state index is 12.5. The van der Waals surface area contributed by atoms with Crippen molar-refractivity contribution >= 4 is 49.1 Å². The summed E-state index contributed by atoms with van der Waals surface area (Å²) in [5.41, 5.74) is 0. The summed E-state index contributed by atoms with van der Waals surface area (Å²) in [5.74, 6) is 2.00. The molecule has 8 heteroatoms. The van der Waals surface area contributed by atoms with E-state index < -0.39 is 10.0 Å². The van der Waals surface area contributed by atoms with Crippen molar-refractivity contribution in [1.29, 1.82) is 0 Å². The van der Waals surface area contributed by atoms with Crippen molar-refractivity contribution in [3.63, 3.8) is 0 Å². The fourth-order valence-electron chi connectivity index (χ4n) is 2.17. The van der Waals surface area contributed by atoms with Gasteiger partial charge in [0.1, 0.15) is 4.90 Å². The van der Waals surface area contributed by atoms with Crippen molar-refractivity contribution in [1.82, 2.24) is 10.0 Å². The molecule has 0 aromatic carbocycles. The summed E-state index contributed by atoms with van der Waals surface area (Å²) in [6.45, 7) is 3.76. The van der Waals surface area contributed by atoms with E-state index in [1.807, 2.05) is 11.8 Å². The van der Waals surface area contributed by atoms with Gasteiger partial charge >= 0.3 is 0 Å². The van der Waals surface area contributed by atoms with E-state index in [-0.39, 0.29) is 6.04 Å². The number of thioether (sulfide) groups is 1.